The van der Waals surface area contributed by atoms with Gasteiger partial charge in [0.1, 0.15) is 5.54 Å². The number of esters is 1. The van der Waals surface area contributed by atoms with Crippen LogP contribution in [0.3, 0.4) is 0 Å². The van der Waals surface area contributed by atoms with Crippen LogP contribution in [-0.4, -0.2) is 31.7 Å². The summed E-state index contributed by atoms with van der Waals surface area (Å²) < 4.78 is 5.33. The number of ether oxygens (including phenoxy) is 1. The maximum Gasteiger partial charge on any atom is 0.309 e. The fourth-order valence-corrected chi connectivity index (χ4v) is 9.33. The second-order valence-corrected chi connectivity index (χ2v) is 10.5. The highest BCUT2D eigenvalue weighted by molar-refractivity contribution is 5.75. The molecule has 0 aromatic rings. The zero-order chi connectivity index (χ0) is 17.9. The predicted octanol–water partition coefficient (Wildman–Crippen LogP) is 2.68. The molecule has 3 fully saturated rings. The number of piperidine rings is 1. The van der Waals surface area contributed by atoms with Gasteiger partial charge in [-0.25, -0.2) is 0 Å². The lowest BCUT2D eigenvalue weighted by molar-refractivity contribution is -0.952. The van der Waals surface area contributed by atoms with Crippen molar-refractivity contribution in [1.29, 1.82) is 0 Å². The van der Waals surface area contributed by atoms with Gasteiger partial charge in [-0.05, 0) is 68.4 Å². The minimum absolute atomic E-state index is 0.0629. The van der Waals surface area contributed by atoms with Crippen molar-refractivity contribution in [2.75, 3.05) is 20.2 Å². The molecule has 1 saturated heterocycles. The Hall–Kier alpha value is -1.09. The Labute approximate surface area is 156 Å². The van der Waals surface area contributed by atoms with E-state index in [0.717, 1.165) is 12.3 Å². The smallest absolute Gasteiger partial charge is 0.309 e. The molecule has 26 heavy (non-hydrogen) atoms. The summed E-state index contributed by atoms with van der Waals surface area (Å²) in [5, 5.41) is 0. The second kappa shape index (κ2) is 4.66. The highest BCUT2D eigenvalue weighted by Crippen LogP contribution is 2.77. The molecule has 0 aromatic carbocycles. The van der Waals surface area contributed by atoms with Crippen molar-refractivity contribution in [1.82, 2.24) is 0 Å². The molecule has 1 N–H and O–H groups in total. The van der Waals surface area contributed by atoms with Crippen molar-refractivity contribution >= 4 is 5.97 Å². The lowest BCUT2D eigenvalue weighted by atomic mass is 9.50. The quantitative estimate of drug-likeness (QED) is 0.580. The first-order chi connectivity index (χ1) is 12.5. The van der Waals surface area contributed by atoms with E-state index >= 15 is 0 Å². The van der Waals surface area contributed by atoms with E-state index in [-0.39, 0.29) is 22.8 Å². The number of carbonyl (C=O) groups excluding carboxylic acids is 1. The predicted molar refractivity (Wildman–Crippen MR) is 99.6 cm³/mol. The van der Waals surface area contributed by atoms with E-state index in [1.165, 1.54) is 51.6 Å². The molecule has 7 atom stereocenters. The number of hydrogen-bond acceptors (Lipinski definition) is 2. The summed E-state index contributed by atoms with van der Waals surface area (Å²) in [6.45, 7) is 7.54. The maximum atomic E-state index is 12.8. The van der Waals surface area contributed by atoms with Crippen molar-refractivity contribution in [3.8, 4) is 0 Å². The molecule has 4 aliphatic carbocycles. The molecule has 2 heterocycles. The Bertz CT molecular complexity index is 781. The Balaban J connectivity index is 1.65. The summed E-state index contributed by atoms with van der Waals surface area (Å²) >= 11 is 0. The van der Waals surface area contributed by atoms with Crippen molar-refractivity contribution in [3.63, 3.8) is 0 Å². The van der Waals surface area contributed by atoms with Gasteiger partial charge in [0, 0.05) is 12.3 Å². The third-order valence-corrected chi connectivity index (χ3v) is 10.1. The van der Waals surface area contributed by atoms with E-state index in [1.807, 2.05) is 4.90 Å². The average molecular weight is 355 g/mol. The molecule has 0 amide bonds. The summed E-state index contributed by atoms with van der Waals surface area (Å²) in [5.41, 5.74) is 5.98. The highest BCUT2D eigenvalue weighted by Gasteiger charge is 2.81. The van der Waals surface area contributed by atoms with Gasteiger partial charge in [0.05, 0.1) is 31.5 Å². The van der Waals surface area contributed by atoms with Crippen LogP contribution in [-0.2, 0) is 9.53 Å². The molecule has 1 unspecified atom stereocenters. The van der Waals surface area contributed by atoms with Gasteiger partial charge >= 0.3 is 5.97 Å². The van der Waals surface area contributed by atoms with Crippen LogP contribution in [0.2, 0.25) is 0 Å². The molecular weight excluding hydrogens is 322 g/mol. The van der Waals surface area contributed by atoms with E-state index in [4.69, 9.17) is 4.74 Å². The van der Waals surface area contributed by atoms with E-state index in [1.54, 1.807) is 23.8 Å². The lowest BCUT2D eigenvalue weighted by Crippen LogP contribution is -3.22. The molecule has 2 spiro atoms. The Morgan fingerprint density at radius 3 is 2.88 bits per heavy atom. The molecular formula is C23H32NO2+. The largest absolute Gasteiger partial charge is 0.469 e. The molecule has 2 saturated carbocycles. The molecule has 0 aromatic heterocycles. The van der Waals surface area contributed by atoms with Gasteiger partial charge in [0.2, 0.25) is 0 Å². The van der Waals surface area contributed by atoms with Gasteiger partial charge in [0.15, 0.2) is 0 Å². The maximum absolute atomic E-state index is 12.8. The van der Waals surface area contributed by atoms with Crippen molar-refractivity contribution in [2.24, 2.45) is 28.6 Å². The standard InChI is InChI=1S/C23H31NO2/c1-14-10-22-9-8-21(2)16(13-24(22)12-14)6-4-15-5-7-17-18(20(25)26-3)11-23(21,22)19(15)17/h10,16-18H,4-9,11-13H2,1-3H3/p+1/t16-,17-,18-,21+,22-,23-/m1/s1. The Morgan fingerprint density at radius 1 is 1.27 bits per heavy atom. The highest BCUT2D eigenvalue weighted by atomic mass is 16.5. The van der Waals surface area contributed by atoms with Crippen LogP contribution >= 0.6 is 0 Å². The fourth-order valence-electron chi connectivity index (χ4n) is 9.33. The van der Waals surface area contributed by atoms with Crippen LogP contribution in [0.4, 0.5) is 0 Å². The normalized spacial score (nSPS) is 53.3. The zero-order valence-electron chi connectivity index (χ0n) is 16.5. The van der Waals surface area contributed by atoms with Crippen molar-refractivity contribution in [3.05, 3.63) is 22.8 Å². The molecule has 0 radical (unpaired) electrons. The SMILES string of the molecule is COC(=O)[C@@H]1C[C@]23C4=C(CC[C@@H]5C[NH+]6CC(C)=C[C@@]62CC[C@@]53C)CC[C@@H]41. The molecule has 6 rings (SSSR count). The first-order valence-electron chi connectivity index (χ1n) is 10.8. The summed E-state index contributed by atoms with van der Waals surface area (Å²) in [7, 11) is 1.59. The molecule has 6 aliphatic rings. The Kier molecular flexibility index (Phi) is 2.85. The van der Waals surface area contributed by atoms with E-state index in [9.17, 15) is 4.79 Å². The first-order valence-corrected chi connectivity index (χ1v) is 10.8. The van der Waals surface area contributed by atoms with E-state index < -0.39 is 0 Å². The zero-order valence-corrected chi connectivity index (χ0v) is 16.5. The number of rotatable bonds is 1. The average Bonchev–Trinajstić information content (AvgIpc) is 3.29. The number of hydrogen-bond donors (Lipinski definition) is 1. The van der Waals surface area contributed by atoms with Crippen LogP contribution < -0.4 is 4.90 Å². The molecule has 4 bridgehead atoms. The van der Waals surface area contributed by atoms with Gasteiger partial charge in [-0.2, -0.15) is 0 Å². The third-order valence-electron chi connectivity index (χ3n) is 10.1. The lowest BCUT2D eigenvalue weighted by Gasteiger charge is -2.58. The monoisotopic (exact) mass is 354 g/mol. The molecule has 3 nitrogen and oxygen atoms in total. The van der Waals surface area contributed by atoms with Gasteiger partial charge in [-0.3, -0.25) is 4.79 Å². The van der Waals surface area contributed by atoms with Crippen LogP contribution in [0.1, 0.15) is 58.8 Å². The van der Waals surface area contributed by atoms with Crippen LogP contribution in [0.15, 0.2) is 22.8 Å². The number of allylic oxidation sites excluding steroid dienone is 1. The number of carbonyl (C=O) groups is 1. The summed E-state index contributed by atoms with van der Waals surface area (Å²) in [6.07, 6.45) is 11.5. The second-order valence-electron chi connectivity index (χ2n) is 10.5. The van der Waals surface area contributed by atoms with Crippen molar-refractivity contribution in [2.45, 2.75) is 64.3 Å². The first kappa shape index (κ1) is 15.9. The van der Waals surface area contributed by atoms with E-state index in [2.05, 4.69) is 19.9 Å². The van der Waals surface area contributed by atoms with Crippen LogP contribution in [0, 0.1) is 28.6 Å². The number of quaternary nitrogens is 1. The molecule has 140 valence electrons. The third kappa shape index (κ3) is 1.42. The molecule has 2 aliphatic heterocycles. The molecule has 3 heteroatoms. The number of methoxy groups -OCH3 is 1. The Morgan fingerprint density at radius 2 is 2.08 bits per heavy atom. The van der Waals surface area contributed by atoms with Crippen LogP contribution in [0.5, 0.6) is 0 Å². The van der Waals surface area contributed by atoms with Gasteiger partial charge in [-0.15, -0.1) is 0 Å². The van der Waals surface area contributed by atoms with Gasteiger partial charge in [-0.1, -0.05) is 18.1 Å². The van der Waals surface area contributed by atoms with Crippen LogP contribution in [0.25, 0.3) is 0 Å². The number of nitrogens with one attached hydrogen (secondary N) is 1. The van der Waals surface area contributed by atoms with Gasteiger partial charge < -0.3 is 9.64 Å². The summed E-state index contributed by atoms with van der Waals surface area (Å²) in [4.78, 5) is 14.6. The minimum atomic E-state index is 0.0629. The fraction of sp³-hybridized carbons (Fsp3) is 0.783. The summed E-state index contributed by atoms with van der Waals surface area (Å²) in [6, 6.07) is 0. The summed E-state index contributed by atoms with van der Waals surface area (Å²) in [5.74, 6) is 1.46. The van der Waals surface area contributed by atoms with Crippen molar-refractivity contribution < 1.29 is 14.4 Å². The minimum Gasteiger partial charge on any atom is -0.469 e. The topological polar surface area (TPSA) is 30.7 Å². The van der Waals surface area contributed by atoms with Gasteiger partial charge in [0.25, 0.3) is 0 Å². The van der Waals surface area contributed by atoms with E-state index in [0.29, 0.717) is 11.3 Å².